The van der Waals surface area contributed by atoms with Gasteiger partial charge in [-0.1, -0.05) is 12.1 Å². The number of benzene rings is 1. The normalized spacial score (nSPS) is 10.4. The van der Waals surface area contributed by atoms with E-state index in [1.54, 1.807) is 17.5 Å². The zero-order valence-electron chi connectivity index (χ0n) is 11.6. The number of nitrogen functional groups attached to an aromatic ring is 1. The lowest BCUT2D eigenvalue weighted by molar-refractivity contribution is -0.402. The number of thiazole rings is 1. The van der Waals surface area contributed by atoms with Crippen LogP contribution in [0.1, 0.15) is 10.6 Å². The predicted octanol–water partition coefficient (Wildman–Crippen LogP) is 3.15. The number of nitrogens with two attached hydrogens (primary N) is 1. The Hall–Kier alpha value is -3.20. The number of nitro groups is 1. The molecule has 0 unspecified atom stereocenters. The van der Waals surface area contributed by atoms with Gasteiger partial charge in [-0.3, -0.25) is 20.2 Å². The Labute approximate surface area is 133 Å². The van der Waals surface area contributed by atoms with E-state index < -0.39 is 16.7 Å². The number of nitrogens with zero attached hydrogens (tertiary/aromatic N) is 2. The molecule has 0 spiro atoms. The van der Waals surface area contributed by atoms with Gasteiger partial charge in [0.1, 0.15) is 4.92 Å². The number of carbonyl (C=O) groups is 1. The number of furan rings is 1. The molecular formula is C14H10N4O4S. The Morgan fingerprint density at radius 2 is 2.17 bits per heavy atom. The second-order valence-electron chi connectivity index (χ2n) is 4.51. The molecule has 3 aromatic rings. The van der Waals surface area contributed by atoms with Crippen molar-refractivity contribution in [2.45, 2.75) is 0 Å². The van der Waals surface area contributed by atoms with E-state index in [0.717, 1.165) is 11.6 Å². The topological polar surface area (TPSA) is 124 Å². The third-order valence-electron chi connectivity index (χ3n) is 2.90. The first-order valence-electron chi connectivity index (χ1n) is 6.40. The minimum atomic E-state index is -0.710. The van der Waals surface area contributed by atoms with E-state index >= 15 is 0 Å². The smallest absolute Gasteiger partial charge is 0.399 e. The van der Waals surface area contributed by atoms with E-state index in [2.05, 4.69) is 10.3 Å². The fraction of sp³-hybridized carbons (Fsp3) is 0. The van der Waals surface area contributed by atoms with Crippen molar-refractivity contribution in [2.75, 3.05) is 11.1 Å². The summed E-state index contributed by atoms with van der Waals surface area (Å²) in [6.45, 7) is 0. The highest BCUT2D eigenvalue weighted by Crippen LogP contribution is 2.26. The molecule has 9 heteroatoms. The van der Waals surface area contributed by atoms with Crippen molar-refractivity contribution in [3.05, 3.63) is 57.7 Å². The minimum Gasteiger partial charge on any atom is -0.399 e. The molecule has 2 aromatic heterocycles. The molecule has 0 radical (unpaired) electrons. The molecule has 0 saturated carbocycles. The minimum absolute atomic E-state index is 0.155. The molecule has 116 valence electrons. The van der Waals surface area contributed by atoms with E-state index in [4.69, 9.17) is 10.2 Å². The highest BCUT2D eigenvalue weighted by atomic mass is 32.1. The van der Waals surface area contributed by atoms with Crippen LogP contribution in [0.2, 0.25) is 0 Å². The molecule has 0 aliphatic heterocycles. The molecule has 1 amide bonds. The first-order valence-corrected chi connectivity index (χ1v) is 7.28. The summed E-state index contributed by atoms with van der Waals surface area (Å²) in [5.74, 6) is -1.25. The van der Waals surface area contributed by atoms with Gasteiger partial charge >= 0.3 is 5.88 Å². The summed E-state index contributed by atoms with van der Waals surface area (Å²) in [6.07, 6.45) is 0. The maximum atomic E-state index is 12.0. The lowest BCUT2D eigenvalue weighted by Crippen LogP contribution is -2.10. The lowest BCUT2D eigenvalue weighted by atomic mass is 10.1. The average molecular weight is 330 g/mol. The van der Waals surface area contributed by atoms with Crippen LogP contribution in [0.25, 0.3) is 11.3 Å². The molecule has 0 saturated heterocycles. The van der Waals surface area contributed by atoms with Gasteiger partial charge in [0, 0.05) is 16.6 Å². The van der Waals surface area contributed by atoms with E-state index in [1.807, 2.05) is 12.1 Å². The Morgan fingerprint density at radius 3 is 2.87 bits per heavy atom. The maximum Gasteiger partial charge on any atom is 0.433 e. The molecule has 1 aromatic carbocycles. The van der Waals surface area contributed by atoms with Crippen LogP contribution < -0.4 is 11.1 Å². The largest absolute Gasteiger partial charge is 0.433 e. The molecular weight excluding hydrogens is 320 g/mol. The highest BCUT2D eigenvalue weighted by molar-refractivity contribution is 7.14. The monoisotopic (exact) mass is 330 g/mol. The van der Waals surface area contributed by atoms with Gasteiger partial charge in [-0.2, -0.15) is 0 Å². The summed E-state index contributed by atoms with van der Waals surface area (Å²) in [6, 6.07) is 9.56. The number of hydrogen-bond acceptors (Lipinski definition) is 7. The molecule has 0 atom stereocenters. The van der Waals surface area contributed by atoms with Gasteiger partial charge in [-0.15, -0.1) is 11.3 Å². The van der Waals surface area contributed by atoms with Crippen LogP contribution >= 0.6 is 11.3 Å². The van der Waals surface area contributed by atoms with Crippen molar-refractivity contribution >= 4 is 33.9 Å². The van der Waals surface area contributed by atoms with E-state index in [0.29, 0.717) is 16.5 Å². The lowest BCUT2D eigenvalue weighted by Gasteiger charge is -1.99. The van der Waals surface area contributed by atoms with Crippen LogP contribution in [0.15, 0.2) is 46.2 Å². The maximum absolute atomic E-state index is 12.0. The summed E-state index contributed by atoms with van der Waals surface area (Å²) < 4.78 is 4.84. The Bertz CT molecular complexity index is 886. The van der Waals surface area contributed by atoms with Crippen LogP contribution in [0.4, 0.5) is 16.7 Å². The number of amides is 1. The fourth-order valence-corrected chi connectivity index (χ4v) is 2.58. The van der Waals surface area contributed by atoms with E-state index in [-0.39, 0.29) is 5.76 Å². The average Bonchev–Trinajstić information content (AvgIpc) is 3.16. The molecule has 0 fully saturated rings. The van der Waals surface area contributed by atoms with Gasteiger partial charge in [0.25, 0.3) is 5.91 Å². The number of nitrogens with one attached hydrogen (secondary N) is 1. The van der Waals surface area contributed by atoms with Gasteiger partial charge in [-0.05, 0) is 18.2 Å². The molecule has 0 aliphatic rings. The molecule has 23 heavy (non-hydrogen) atoms. The van der Waals surface area contributed by atoms with Crippen molar-refractivity contribution in [3.63, 3.8) is 0 Å². The zero-order valence-corrected chi connectivity index (χ0v) is 12.4. The van der Waals surface area contributed by atoms with Gasteiger partial charge in [-0.25, -0.2) is 4.98 Å². The summed E-state index contributed by atoms with van der Waals surface area (Å²) in [5.41, 5.74) is 7.84. The summed E-state index contributed by atoms with van der Waals surface area (Å²) >= 11 is 1.23. The molecule has 0 aliphatic carbocycles. The number of aromatic nitrogens is 1. The van der Waals surface area contributed by atoms with E-state index in [9.17, 15) is 14.9 Å². The number of carbonyl (C=O) groups excluding carboxylic acids is 1. The van der Waals surface area contributed by atoms with Gasteiger partial charge in [0.15, 0.2) is 10.9 Å². The third kappa shape index (κ3) is 3.19. The Morgan fingerprint density at radius 1 is 1.35 bits per heavy atom. The van der Waals surface area contributed by atoms with Crippen LogP contribution in [-0.2, 0) is 0 Å². The molecule has 0 bridgehead atoms. The van der Waals surface area contributed by atoms with Crippen LogP contribution in [0.3, 0.4) is 0 Å². The summed E-state index contributed by atoms with van der Waals surface area (Å²) in [4.78, 5) is 26.1. The predicted molar refractivity (Wildman–Crippen MR) is 85.3 cm³/mol. The first-order chi connectivity index (χ1) is 11.0. The Balaban J connectivity index is 1.75. The van der Waals surface area contributed by atoms with Gasteiger partial charge in [0.2, 0.25) is 0 Å². The van der Waals surface area contributed by atoms with Crippen molar-refractivity contribution in [1.82, 2.24) is 4.98 Å². The van der Waals surface area contributed by atoms with Crippen LogP contribution in [0.5, 0.6) is 0 Å². The van der Waals surface area contributed by atoms with Gasteiger partial charge in [0.05, 0.1) is 11.8 Å². The third-order valence-corrected chi connectivity index (χ3v) is 3.66. The quantitative estimate of drug-likeness (QED) is 0.430. The van der Waals surface area contributed by atoms with Gasteiger partial charge < -0.3 is 10.2 Å². The molecule has 3 N–H and O–H groups in total. The highest BCUT2D eigenvalue weighted by Gasteiger charge is 2.18. The summed E-state index contributed by atoms with van der Waals surface area (Å²) in [5, 5.41) is 15.2. The number of rotatable bonds is 4. The number of anilines is 2. The molecule has 8 nitrogen and oxygen atoms in total. The SMILES string of the molecule is Nc1cccc(-c2csc(NC(=O)c3ccc([N+](=O)[O-])o3)n2)c1. The molecule has 3 rings (SSSR count). The van der Waals surface area contributed by atoms with Crippen molar-refractivity contribution < 1.29 is 14.1 Å². The second-order valence-corrected chi connectivity index (χ2v) is 5.37. The van der Waals surface area contributed by atoms with Crippen molar-refractivity contribution in [3.8, 4) is 11.3 Å². The molecule has 2 heterocycles. The van der Waals surface area contributed by atoms with Crippen molar-refractivity contribution in [1.29, 1.82) is 0 Å². The fourth-order valence-electron chi connectivity index (χ4n) is 1.87. The van der Waals surface area contributed by atoms with Crippen LogP contribution in [0, 0.1) is 10.1 Å². The number of hydrogen-bond donors (Lipinski definition) is 2. The van der Waals surface area contributed by atoms with E-state index in [1.165, 1.54) is 17.4 Å². The summed E-state index contributed by atoms with van der Waals surface area (Å²) in [7, 11) is 0. The first kappa shape index (κ1) is 14.7. The Kier molecular flexibility index (Phi) is 3.77. The standard InChI is InChI=1S/C14H10N4O4S/c15-9-3-1-2-8(6-9)10-7-23-14(16-10)17-13(19)11-4-5-12(22-11)18(20)21/h1-7H,15H2,(H,16,17,19). The second kappa shape index (κ2) is 5.89. The van der Waals surface area contributed by atoms with Crippen LogP contribution in [-0.4, -0.2) is 15.8 Å². The zero-order chi connectivity index (χ0) is 16.4. The van der Waals surface area contributed by atoms with Crippen molar-refractivity contribution in [2.24, 2.45) is 0 Å².